The largest absolute Gasteiger partial charge is 0.465 e. The minimum absolute atomic E-state index is 0.0906. The Labute approximate surface area is 256 Å². The van der Waals surface area contributed by atoms with Crippen molar-refractivity contribution >= 4 is 47.0 Å². The maximum atomic E-state index is 14.1. The molecule has 0 unspecified atom stereocenters. The van der Waals surface area contributed by atoms with E-state index >= 15 is 0 Å². The molecule has 3 heterocycles. The first kappa shape index (κ1) is 28.7. The van der Waals surface area contributed by atoms with Crippen LogP contribution in [0.5, 0.6) is 0 Å². The number of hydrogen-bond donors (Lipinski definition) is 5. The van der Waals surface area contributed by atoms with Crippen LogP contribution in [0.3, 0.4) is 0 Å². The maximum Gasteiger partial charge on any atom is 0.412 e. The van der Waals surface area contributed by atoms with Crippen LogP contribution in [-0.4, -0.2) is 63.3 Å². The highest BCUT2D eigenvalue weighted by Gasteiger charge is 2.49. The molecule has 224 valence electrons. The fourth-order valence-electron chi connectivity index (χ4n) is 5.61. The lowest BCUT2D eigenvalue weighted by Gasteiger charge is -2.35. The summed E-state index contributed by atoms with van der Waals surface area (Å²) in [7, 11) is 0. The molecule has 13 heteroatoms. The van der Waals surface area contributed by atoms with Gasteiger partial charge in [-0.3, -0.25) is 25.3 Å². The smallest absolute Gasteiger partial charge is 0.412 e. The number of likely N-dealkylation sites (tertiary alicyclic amines) is 1. The summed E-state index contributed by atoms with van der Waals surface area (Å²) in [6.45, 7) is 0.381. The van der Waals surface area contributed by atoms with E-state index in [1.54, 1.807) is 29.3 Å². The molecule has 3 aromatic carbocycles. The molecule has 1 saturated heterocycles. The minimum atomic E-state index is -1.22. The van der Waals surface area contributed by atoms with Crippen molar-refractivity contribution in [1.82, 2.24) is 20.4 Å². The standard InChI is InChI=1S/C31H27ClN6O6/c32-21-7-10-25-23(16-21)31(44-30(43)36-25)12-14-38(17-31)28(40)26(15-18-1-3-19(4-2-18)24-11-13-33-37-24)35-27(39)20-5-8-22(9-6-20)34-29(41)42/h1-11,13,16,26,34H,12,14-15,17H2,(H,33,37)(H,35,39)(H,36,43)(H,41,42)/t26-,31-/m0/s1. The number of amides is 4. The van der Waals surface area contributed by atoms with E-state index in [4.69, 9.17) is 21.4 Å². The molecule has 2 atom stereocenters. The Balaban J connectivity index is 1.25. The molecule has 0 radical (unpaired) electrons. The normalized spacial score (nSPS) is 17.8. The first-order chi connectivity index (χ1) is 21.2. The quantitative estimate of drug-likeness (QED) is 0.198. The van der Waals surface area contributed by atoms with Gasteiger partial charge in [0.05, 0.1) is 17.9 Å². The number of benzene rings is 3. The first-order valence-electron chi connectivity index (χ1n) is 13.8. The Morgan fingerprint density at radius 2 is 1.84 bits per heavy atom. The van der Waals surface area contributed by atoms with Crippen molar-refractivity contribution in [3.8, 4) is 11.3 Å². The molecule has 4 amide bonds. The van der Waals surface area contributed by atoms with E-state index in [1.165, 1.54) is 24.3 Å². The number of rotatable bonds is 7. The van der Waals surface area contributed by atoms with Crippen molar-refractivity contribution in [2.45, 2.75) is 24.5 Å². The summed E-state index contributed by atoms with van der Waals surface area (Å²) in [5, 5.41) is 24.1. The third-order valence-corrected chi connectivity index (χ3v) is 7.98. The molecule has 0 bridgehead atoms. The number of anilines is 2. The van der Waals surface area contributed by atoms with Gasteiger partial charge in [0, 0.05) is 47.4 Å². The highest BCUT2D eigenvalue weighted by Crippen LogP contribution is 2.44. The number of aromatic amines is 1. The number of halogens is 1. The van der Waals surface area contributed by atoms with Crippen LogP contribution in [0.1, 0.15) is 27.9 Å². The fraction of sp³-hybridized carbons (Fsp3) is 0.194. The van der Waals surface area contributed by atoms with Crippen LogP contribution < -0.4 is 16.0 Å². The zero-order valence-corrected chi connectivity index (χ0v) is 23.9. The summed E-state index contributed by atoms with van der Waals surface area (Å²) < 4.78 is 5.79. The Morgan fingerprint density at radius 1 is 1.07 bits per heavy atom. The molecule has 0 aliphatic carbocycles. The average Bonchev–Trinajstić information content (AvgIpc) is 3.69. The first-order valence-corrected chi connectivity index (χ1v) is 14.2. The number of nitrogens with one attached hydrogen (secondary N) is 4. The molecule has 1 aromatic heterocycles. The number of carboxylic acid groups (broad SMARTS) is 1. The van der Waals surface area contributed by atoms with E-state index in [0.29, 0.717) is 34.9 Å². The molecule has 2 aliphatic rings. The number of nitrogens with zero attached hydrogens (tertiary/aromatic N) is 2. The highest BCUT2D eigenvalue weighted by atomic mass is 35.5. The van der Waals surface area contributed by atoms with Crippen molar-refractivity contribution in [3.63, 3.8) is 0 Å². The zero-order valence-electron chi connectivity index (χ0n) is 23.2. The van der Waals surface area contributed by atoms with Crippen molar-refractivity contribution in [1.29, 1.82) is 0 Å². The number of ether oxygens (including phenoxy) is 1. The second-order valence-corrected chi connectivity index (χ2v) is 11.0. The Bertz CT molecular complexity index is 1730. The molecule has 2 aliphatic heterocycles. The number of H-pyrrole nitrogens is 1. The predicted octanol–water partition coefficient (Wildman–Crippen LogP) is 4.85. The van der Waals surface area contributed by atoms with E-state index in [2.05, 4.69) is 26.1 Å². The predicted molar refractivity (Wildman–Crippen MR) is 162 cm³/mol. The third-order valence-electron chi connectivity index (χ3n) is 7.75. The van der Waals surface area contributed by atoms with Crippen LogP contribution in [-0.2, 0) is 21.6 Å². The Hall–Kier alpha value is -5.36. The van der Waals surface area contributed by atoms with Crippen LogP contribution in [0.4, 0.5) is 21.0 Å². The van der Waals surface area contributed by atoms with E-state index in [1.807, 2.05) is 30.3 Å². The van der Waals surface area contributed by atoms with Gasteiger partial charge in [-0.2, -0.15) is 5.10 Å². The number of carbonyl (C=O) groups excluding carboxylic acids is 3. The zero-order chi connectivity index (χ0) is 30.8. The molecule has 1 spiro atoms. The van der Waals surface area contributed by atoms with Crippen molar-refractivity contribution in [3.05, 3.63) is 101 Å². The lowest BCUT2D eigenvalue weighted by molar-refractivity contribution is -0.133. The Kier molecular flexibility index (Phi) is 7.66. The molecule has 0 saturated carbocycles. The van der Waals surface area contributed by atoms with Gasteiger partial charge in [-0.1, -0.05) is 35.9 Å². The number of carbonyl (C=O) groups is 4. The SMILES string of the molecule is O=C(O)Nc1ccc(C(=O)N[C@@H](Cc2ccc(-c3ccn[nH]3)cc2)C(=O)N2CC[C@@]3(C2)OC(=O)Nc2ccc(Cl)cc23)cc1. The van der Waals surface area contributed by atoms with Crippen LogP contribution in [0.15, 0.2) is 79.0 Å². The fourth-order valence-corrected chi connectivity index (χ4v) is 5.78. The van der Waals surface area contributed by atoms with Crippen LogP contribution in [0.25, 0.3) is 11.3 Å². The van der Waals surface area contributed by atoms with Crippen LogP contribution >= 0.6 is 11.6 Å². The summed E-state index contributed by atoms with van der Waals surface area (Å²) in [5.74, 6) is -0.839. The second-order valence-electron chi connectivity index (χ2n) is 10.6. The van der Waals surface area contributed by atoms with Crippen LogP contribution in [0.2, 0.25) is 5.02 Å². The van der Waals surface area contributed by atoms with Gasteiger partial charge in [0.2, 0.25) is 5.91 Å². The summed E-state index contributed by atoms with van der Waals surface area (Å²) in [5.41, 5.74) is 3.31. The van der Waals surface area contributed by atoms with E-state index in [-0.39, 0.29) is 24.4 Å². The van der Waals surface area contributed by atoms with Crippen molar-refractivity contribution < 1.29 is 29.0 Å². The number of hydrogen-bond acceptors (Lipinski definition) is 6. The molecule has 12 nitrogen and oxygen atoms in total. The molecule has 6 rings (SSSR count). The number of fused-ring (bicyclic) bond motifs is 2. The highest BCUT2D eigenvalue weighted by molar-refractivity contribution is 6.30. The lowest BCUT2D eigenvalue weighted by atomic mass is 9.90. The van der Waals surface area contributed by atoms with E-state index < -0.39 is 29.7 Å². The minimum Gasteiger partial charge on any atom is -0.465 e. The molecule has 5 N–H and O–H groups in total. The van der Waals surface area contributed by atoms with E-state index in [9.17, 15) is 19.2 Å². The molecule has 4 aromatic rings. The van der Waals surface area contributed by atoms with Crippen LogP contribution in [0, 0.1) is 0 Å². The third kappa shape index (κ3) is 5.92. The summed E-state index contributed by atoms with van der Waals surface area (Å²) in [6.07, 6.45) is 0.375. The van der Waals surface area contributed by atoms with Gasteiger partial charge < -0.3 is 20.1 Å². The topological polar surface area (TPSA) is 166 Å². The van der Waals surface area contributed by atoms with Gasteiger partial charge in [-0.25, -0.2) is 9.59 Å². The summed E-state index contributed by atoms with van der Waals surface area (Å²) in [6, 6.07) is 19.4. The van der Waals surface area contributed by atoms with Gasteiger partial charge in [-0.05, 0) is 59.7 Å². The van der Waals surface area contributed by atoms with Crippen molar-refractivity contribution in [2.75, 3.05) is 23.7 Å². The maximum absolute atomic E-state index is 14.1. The van der Waals surface area contributed by atoms with Gasteiger partial charge in [0.15, 0.2) is 5.60 Å². The number of aromatic nitrogens is 2. The molecule has 44 heavy (non-hydrogen) atoms. The van der Waals surface area contributed by atoms with Gasteiger partial charge in [0.1, 0.15) is 6.04 Å². The monoisotopic (exact) mass is 614 g/mol. The lowest BCUT2D eigenvalue weighted by Crippen LogP contribution is -2.50. The van der Waals surface area contributed by atoms with E-state index in [0.717, 1.165) is 16.8 Å². The summed E-state index contributed by atoms with van der Waals surface area (Å²) >= 11 is 6.27. The second kappa shape index (κ2) is 11.7. The molecular formula is C31H27ClN6O6. The molecule has 1 fully saturated rings. The van der Waals surface area contributed by atoms with Gasteiger partial charge >= 0.3 is 12.2 Å². The molecular weight excluding hydrogens is 588 g/mol. The average molecular weight is 615 g/mol. The Morgan fingerprint density at radius 3 is 2.55 bits per heavy atom. The van der Waals surface area contributed by atoms with Crippen molar-refractivity contribution in [2.24, 2.45) is 0 Å². The summed E-state index contributed by atoms with van der Waals surface area (Å²) in [4.78, 5) is 52.4. The van der Waals surface area contributed by atoms with Gasteiger partial charge in [0.25, 0.3) is 5.91 Å². The van der Waals surface area contributed by atoms with Gasteiger partial charge in [-0.15, -0.1) is 0 Å².